The molecule has 0 spiro atoms. The molecule has 0 aliphatic heterocycles. The average Bonchev–Trinajstić information content (AvgIpc) is 3.11. The van der Waals surface area contributed by atoms with Gasteiger partial charge in [0, 0.05) is 5.57 Å². The van der Waals surface area contributed by atoms with Crippen LogP contribution in [0, 0.1) is 52.3 Å². The summed E-state index contributed by atoms with van der Waals surface area (Å²) in [5, 5.41) is 9.31. The maximum absolute atomic E-state index is 11.3. The third-order valence-electron chi connectivity index (χ3n) is 11.2. The highest BCUT2D eigenvalue weighted by molar-refractivity contribution is 5.85. The van der Waals surface area contributed by atoms with Crippen LogP contribution in [-0.2, 0) is 4.79 Å². The molecule has 4 unspecified atom stereocenters. The Hall–Kier alpha value is -1.05. The molecule has 0 aromatic carbocycles. The molecule has 8 atom stereocenters. The second-order valence-electron chi connectivity index (χ2n) is 13.4. The Labute approximate surface area is 203 Å². The lowest BCUT2D eigenvalue weighted by atomic mass is 9.46. The van der Waals surface area contributed by atoms with Crippen LogP contribution in [0.3, 0.4) is 0 Å². The minimum atomic E-state index is -0.762. The third-order valence-corrected chi connectivity index (χ3v) is 11.2. The topological polar surface area (TPSA) is 37.3 Å². The van der Waals surface area contributed by atoms with Crippen LogP contribution in [0.4, 0.5) is 0 Å². The van der Waals surface area contributed by atoms with Crippen molar-refractivity contribution < 1.29 is 9.90 Å². The summed E-state index contributed by atoms with van der Waals surface area (Å²) in [6, 6.07) is 0. The van der Waals surface area contributed by atoms with E-state index in [-0.39, 0.29) is 0 Å². The Morgan fingerprint density at radius 2 is 1.85 bits per heavy atom. The van der Waals surface area contributed by atoms with Crippen LogP contribution in [0.5, 0.6) is 0 Å². The van der Waals surface area contributed by atoms with Gasteiger partial charge in [-0.05, 0) is 111 Å². The largest absolute Gasteiger partial charge is 0.478 e. The fraction of sp³-hybridized carbons (Fsp3) is 0.839. The summed E-state index contributed by atoms with van der Waals surface area (Å²) >= 11 is 0. The molecule has 0 radical (unpaired) electrons. The predicted molar refractivity (Wildman–Crippen MR) is 138 cm³/mol. The van der Waals surface area contributed by atoms with Gasteiger partial charge in [-0.3, -0.25) is 0 Å². The van der Waals surface area contributed by atoms with E-state index in [0.717, 1.165) is 48.3 Å². The van der Waals surface area contributed by atoms with Gasteiger partial charge in [-0.2, -0.15) is 0 Å². The van der Waals surface area contributed by atoms with Gasteiger partial charge in [0.05, 0.1) is 0 Å². The lowest BCUT2D eigenvalue weighted by Gasteiger charge is -2.58. The molecule has 33 heavy (non-hydrogen) atoms. The molecule has 4 rings (SSSR count). The highest BCUT2D eigenvalue weighted by Gasteiger charge is 2.59. The van der Waals surface area contributed by atoms with E-state index in [1.165, 1.54) is 57.8 Å². The summed E-state index contributed by atoms with van der Waals surface area (Å²) in [7, 11) is 0. The van der Waals surface area contributed by atoms with Gasteiger partial charge in [-0.15, -0.1) is 0 Å². The van der Waals surface area contributed by atoms with Crippen molar-refractivity contribution >= 4 is 5.97 Å². The van der Waals surface area contributed by atoms with Crippen molar-refractivity contribution in [2.24, 2.45) is 52.3 Å². The van der Waals surface area contributed by atoms with Crippen molar-refractivity contribution in [2.45, 2.75) is 112 Å². The van der Waals surface area contributed by atoms with Gasteiger partial charge in [0.15, 0.2) is 0 Å². The van der Waals surface area contributed by atoms with E-state index in [2.05, 4.69) is 40.7 Å². The molecule has 186 valence electrons. The van der Waals surface area contributed by atoms with Crippen LogP contribution in [0.2, 0.25) is 0 Å². The minimum absolute atomic E-state index is 0.354. The average molecular weight is 455 g/mol. The molecule has 4 aliphatic carbocycles. The fourth-order valence-corrected chi connectivity index (χ4v) is 9.28. The lowest BCUT2D eigenvalue weighted by molar-refractivity contribution is -0.132. The van der Waals surface area contributed by atoms with Crippen molar-refractivity contribution in [3.63, 3.8) is 0 Å². The maximum atomic E-state index is 11.3. The van der Waals surface area contributed by atoms with Crippen LogP contribution in [0.1, 0.15) is 112 Å². The number of hydrogen-bond donors (Lipinski definition) is 1. The van der Waals surface area contributed by atoms with Crippen molar-refractivity contribution in [3.8, 4) is 0 Å². The highest BCUT2D eigenvalue weighted by atomic mass is 16.4. The van der Waals surface area contributed by atoms with Gasteiger partial charge in [0.25, 0.3) is 0 Å². The zero-order valence-electron chi connectivity index (χ0n) is 22.3. The number of allylic oxidation sites excluding steroid dienone is 3. The Kier molecular flexibility index (Phi) is 7.24. The monoisotopic (exact) mass is 454 g/mol. The van der Waals surface area contributed by atoms with Gasteiger partial charge in [-0.25, -0.2) is 4.79 Å². The van der Waals surface area contributed by atoms with Gasteiger partial charge < -0.3 is 5.11 Å². The number of carboxylic acids is 1. The van der Waals surface area contributed by atoms with Gasteiger partial charge in [0.1, 0.15) is 0 Å². The predicted octanol–water partition coefficient (Wildman–Crippen LogP) is 8.67. The van der Waals surface area contributed by atoms with E-state index in [4.69, 9.17) is 0 Å². The summed E-state index contributed by atoms with van der Waals surface area (Å²) in [5.41, 5.74) is 3.09. The fourth-order valence-electron chi connectivity index (χ4n) is 9.28. The molecule has 2 heteroatoms. The summed E-state index contributed by atoms with van der Waals surface area (Å²) in [6.07, 6.45) is 19.4. The molecule has 4 aliphatic rings. The minimum Gasteiger partial charge on any atom is -0.478 e. The lowest BCUT2D eigenvalue weighted by Crippen LogP contribution is -2.50. The molecule has 3 saturated carbocycles. The van der Waals surface area contributed by atoms with Gasteiger partial charge >= 0.3 is 5.97 Å². The van der Waals surface area contributed by atoms with E-state index in [0.29, 0.717) is 22.3 Å². The molecule has 3 fully saturated rings. The zero-order chi connectivity index (χ0) is 24.0. The number of rotatable bonds is 7. The van der Waals surface area contributed by atoms with Crippen molar-refractivity contribution in [3.05, 3.63) is 23.3 Å². The second-order valence-corrected chi connectivity index (χ2v) is 13.4. The highest BCUT2D eigenvalue weighted by Crippen LogP contribution is 2.67. The summed E-state index contributed by atoms with van der Waals surface area (Å²) in [6.45, 7) is 14.3. The molecule has 0 amide bonds. The van der Waals surface area contributed by atoms with Crippen molar-refractivity contribution in [1.29, 1.82) is 0 Å². The first-order valence-electron chi connectivity index (χ1n) is 14.2. The van der Waals surface area contributed by atoms with Gasteiger partial charge in [-0.1, -0.05) is 71.6 Å². The molecule has 0 heterocycles. The van der Waals surface area contributed by atoms with E-state index in [1.807, 2.05) is 6.08 Å². The number of aliphatic carboxylic acids is 1. The quantitative estimate of drug-likeness (QED) is 0.308. The van der Waals surface area contributed by atoms with E-state index in [1.54, 1.807) is 12.5 Å². The first kappa shape index (κ1) is 25.1. The molecule has 0 bridgehead atoms. The summed E-state index contributed by atoms with van der Waals surface area (Å²) in [5.74, 6) is 4.91. The Morgan fingerprint density at radius 3 is 2.55 bits per heavy atom. The molecule has 1 N–H and O–H groups in total. The first-order valence-corrected chi connectivity index (χ1v) is 14.2. The molecule has 2 nitrogen and oxygen atoms in total. The van der Waals surface area contributed by atoms with Crippen LogP contribution < -0.4 is 0 Å². The molecular weight excluding hydrogens is 404 g/mol. The molecular formula is C31H50O2. The molecule has 0 aromatic rings. The number of carbonyl (C=O) groups is 1. The van der Waals surface area contributed by atoms with E-state index < -0.39 is 5.97 Å². The zero-order valence-corrected chi connectivity index (χ0v) is 22.3. The number of hydrogen-bond acceptors (Lipinski definition) is 1. The SMILES string of the molecule is CC(=CC1CC[C@@]2(C)C(=CCC3C2CC[C@@]2(C)C3CC[C@@H]2[C@H](C)CCCC(C)C)C1)C(=O)O. The number of carboxylic acid groups (broad SMARTS) is 1. The Balaban J connectivity index is 1.47. The Morgan fingerprint density at radius 1 is 1.09 bits per heavy atom. The Bertz CT molecular complexity index is 791. The van der Waals surface area contributed by atoms with Crippen LogP contribution >= 0.6 is 0 Å². The van der Waals surface area contributed by atoms with Crippen LogP contribution in [0.15, 0.2) is 23.3 Å². The van der Waals surface area contributed by atoms with Crippen molar-refractivity contribution in [1.82, 2.24) is 0 Å². The summed E-state index contributed by atoms with van der Waals surface area (Å²) in [4.78, 5) is 11.3. The smallest absolute Gasteiger partial charge is 0.330 e. The van der Waals surface area contributed by atoms with Crippen LogP contribution in [-0.4, -0.2) is 11.1 Å². The number of fused-ring (bicyclic) bond motifs is 5. The second kappa shape index (κ2) is 9.54. The first-order chi connectivity index (χ1) is 15.6. The van der Waals surface area contributed by atoms with Crippen molar-refractivity contribution in [2.75, 3.05) is 0 Å². The standard InChI is InChI=1S/C31H50O2/c1-20(2)8-7-9-21(3)26-12-13-27-25-11-10-24-19-23(18-22(4)29(32)33)14-16-30(24,5)28(25)15-17-31(26,27)6/h10,18,20-21,23,25-28H,7-9,11-17,19H2,1-6H3,(H,32,33)/t21-,23?,25?,26-,27?,28?,30+,31-/m1/s1. The molecule has 0 aromatic heterocycles. The normalized spacial score (nSPS) is 41.7. The summed E-state index contributed by atoms with van der Waals surface area (Å²) < 4.78 is 0. The third kappa shape index (κ3) is 4.62. The van der Waals surface area contributed by atoms with Gasteiger partial charge in [0.2, 0.25) is 0 Å². The van der Waals surface area contributed by atoms with E-state index >= 15 is 0 Å². The van der Waals surface area contributed by atoms with Crippen LogP contribution in [0.25, 0.3) is 0 Å². The maximum Gasteiger partial charge on any atom is 0.330 e. The van der Waals surface area contributed by atoms with E-state index in [9.17, 15) is 9.90 Å². The molecule has 0 saturated heterocycles.